The van der Waals surface area contributed by atoms with Crippen LogP contribution in [0.1, 0.15) is 23.3 Å². The van der Waals surface area contributed by atoms with Gasteiger partial charge in [-0.25, -0.2) is 14.4 Å². The smallest absolute Gasteiger partial charge is 0.151 e. The molecule has 0 aliphatic carbocycles. The average molecular weight is 578 g/mol. The molecule has 0 saturated carbocycles. The summed E-state index contributed by atoms with van der Waals surface area (Å²) in [5.74, 6) is 4.29. The van der Waals surface area contributed by atoms with Crippen LogP contribution in [0.3, 0.4) is 0 Å². The predicted molar refractivity (Wildman–Crippen MR) is 157 cm³/mol. The first-order valence-corrected chi connectivity index (χ1v) is 14.6. The zero-order chi connectivity index (χ0) is 27.3. The molecular formula is C30H29ClFN5O2S. The zero-order valence-electron chi connectivity index (χ0n) is 21.9. The van der Waals surface area contributed by atoms with Crippen LogP contribution in [-0.2, 0) is 11.3 Å². The van der Waals surface area contributed by atoms with Gasteiger partial charge in [-0.15, -0.1) is 11.3 Å². The standard InChI is InChI=1S/C30H29ClFN5O2S/c31-26-16-23(6-7-28(26)39-19-21-3-1-4-22(32)15-21)35-30-29-27(33-20-34-30)17-25(40-29)8-10-37-9-2-5-24(37)18-36-11-13-38-14-12-36/h1,3-4,6-7,15-17,20,24H,2,5,9,11-14,18-19H2,(H,33,34,35). The Balaban J connectivity index is 1.13. The minimum absolute atomic E-state index is 0.223. The minimum Gasteiger partial charge on any atom is -0.487 e. The van der Waals surface area contributed by atoms with Gasteiger partial charge in [0, 0.05) is 44.0 Å². The van der Waals surface area contributed by atoms with E-state index in [2.05, 4.69) is 37.0 Å². The number of nitrogens with zero attached hydrogens (tertiary/aromatic N) is 4. The molecule has 2 fully saturated rings. The summed E-state index contributed by atoms with van der Waals surface area (Å²) in [5, 5.41) is 3.80. The highest BCUT2D eigenvalue weighted by molar-refractivity contribution is 7.20. The number of aromatic nitrogens is 2. The summed E-state index contributed by atoms with van der Waals surface area (Å²) >= 11 is 8.07. The van der Waals surface area contributed by atoms with Crippen molar-refractivity contribution in [3.05, 3.63) is 76.1 Å². The van der Waals surface area contributed by atoms with Crippen molar-refractivity contribution in [3.63, 3.8) is 0 Å². The molecule has 2 aromatic heterocycles. The fourth-order valence-corrected chi connectivity index (χ4v) is 6.15. The Morgan fingerprint density at radius 1 is 1.12 bits per heavy atom. The molecule has 1 N–H and O–H groups in total. The second-order valence-corrected chi connectivity index (χ2v) is 11.3. The number of rotatable bonds is 7. The van der Waals surface area contributed by atoms with Gasteiger partial charge in [0.15, 0.2) is 5.82 Å². The highest BCUT2D eigenvalue weighted by Gasteiger charge is 2.25. The summed E-state index contributed by atoms with van der Waals surface area (Å²) in [6, 6.07) is 17.7. The van der Waals surface area contributed by atoms with E-state index >= 15 is 0 Å². The molecule has 2 saturated heterocycles. The van der Waals surface area contributed by atoms with Crippen molar-refractivity contribution in [2.45, 2.75) is 25.5 Å². The van der Waals surface area contributed by atoms with Crippen LogP contribution in [0.25, 0.3) is 10.2 Å². The van der Waals surface area contributed by atoms with Crippen molar-refractivity contribution < 1.29 is 13.9 Å². The Bertz CT molecular complexity index is 1550. The van der Waals surface area contributed by atoms with Crippen molar-refractivity contribution in [3.8, 4) is 17.7 Å². The molecule has 1 atom stereocenters. The monoisotopic (exact) mass is 577 g/mol. The van der Waals surface area contributed by atoms with E-state index in [1.807, 2.05) is 18.2 Å². The number of morpholine rings is 1. The molecule has 0 spiro atoms. The van der Waals surface area contributed by atoms with Crippen molar-refractivity contribution in [1.82, 2.24) is 19.8 Å². The molecule has 0 bridgehead atoms. The van der Waals surface area contributed by atoms with Crippen LogP contribution in [0.15, 0.2) is 54.9 Å². The summed E-state index contributed by atoms with van der Waals surface area (Å²) in [6.45, 7) is 5.90. The first-order chi connectivity index (χ1) is 19.6. The molecule has 0 radical (unpaired) electrons. The SMILES string of the molecule is Fc1cccc(COc2ccc(Nc3ncnc4cc(C#CN5CCCC5CN5CCOCC5)sc34)cc2Cl)c1. The normalized spacial score (nSPS) is 17.6. The van der Waals surface area contributed by atoms with Crippen LogP contribution in [0.5, 0.6) is 5.75 Å². The second kappa shape index (κ2) is 12.4. The second-order valence-electron chi connectivity index (χ2n) is 9.88. The number of hydrogen-bond acceptors (Lipinski definition) is 8. The summed E-state index contributed by atoms with van der Waals surface area (Å²) in [7, 11) is 0. The molecule has 7 nitrogen and oxygen atoms in total. The van der Waals surface area contributed by atoms with Crippen molar-refractivity contribution in [2.24, 2.45) is 0 Å². The molecule has 0 amide bonds. The number of benzene rings is 2. The first kappa shape index (κ1) is 26.8. The molecule has 2 aliphatic heterocycles. The molecule has 10 heteroatoms. The first-order valence-electron chi connectivity index (χ1n) is 13.4. The van der Waals surface area contributed by atoms with Gasteiger partial charge in [0.25, 0.3) is 0 Å². The quantitative estimate of drug-likeness (QED) is 0.274. The van der Waals surface area contributed by atoms with Gasteiger partial charge in [0.2, 0.25) is 0 Å². The van der Waals surface area contributed by atoms with E-state index in [1.165, 1.54) is 25.0 Å². The molecule has 2 aromatic carbocycles. The number of thiophene rings is 1. The van der Waals surface area contributed by atoms with Crippen LogP contribution in [0.4, 0.5) is 15.9 Å². The maximum absolute atomic E-state index is 13.4. The van der Waals surface area contributed by atoms with Gasteiger partial charge in [-0.2, -0.15) is 0 Å². The lowest BCUT2D eigenvalue weighted by Crippen LogP contribution is -2.43. The van der Waals surface area contributed by atoms with Crippen LogP contribution in [-0.4, -0.2) is 65.2 Å². The highest BCUT2D eigenvalue weighted by Crippen LogP contribution is 2.33. The molecule has 2 aliphatic rings. The zero-order valence-corrected chi connectivity index (χ0v) is 23.5. The summed E-state index contributed by atoms with van der Waals surface area (Å²) in [5.41, 5.74) is 2.35. The molecule has 1 unspecified atom stereocenters. The van der Waals surface area contributed by atoms with Crippen molar-refractivity contribution in [2.75, 3.05) is 44.7 Å². The molecular weight excluding hydrogens is 549 g/mol. The van der Waals surface area contributed by atoms with Gasteiger partial charge < -0.3 is 19.7 Å². The highest BCUT2D eigenvalue weighted by atomic mass is 35.5. The van der Waals surface area contributed by atoms with E-state index in [1.54, 1.807) is 35.9 Å². The van der Waals surface area contributed by atoms with Gasteiger partial charge in [0.05, 0.1) is 33.3 Å². The third-order valence-corrected chi connectivity index (χ3v) is 8.40. The number of halogens is 2. The Hall–Kier alpha value is -3.42. The lowest BCUT2D eigenvalue weighted by atomic mass is 10.2. The van der Waals surface area contributed by atoms with E-state index in [0.29, 0.717) is 22.6 Å². The minimum atomic E-state index is -0.297. The van der Waals surface area contributed by atoms with Crippen molar-refractivity contribution in [1.29, 1.82) is 0 Å². The fraction of sp³-hybridized carbons (Fsp3) is 0.333. The Morgan fingerprint density at radius 3 is 2.88 bits per heavy atom. The topological polar surface area (TPSA) is 62.8 Å². The lowest BCUT2D eigenvalue weighted by Gasteiger charge is -2.31. The number of fused-ring (bicyclic) bond motifs is 1. The predicted octanol–water partition coefficient (Wildman–Crippen LogP) is 5.91. The fourth-order valence-electron chi connectivity index (χ4n) is 5.01. The summed E-state index contributed by atoms with van der Waals surface area (Å²) in [4.78, 5) is 14.7. The van der Waals surface area contributed by atoms with E-state index in [9.17, 15) is 4.39 Å². The summed E-state index contributed by atoms with van der Waals surface area (Å²) < 4.78 is 25.7. The molecule has 206 valence electrons. The van der Waals surface area contributed by atoms with Crippen LogP contribution >= 0.6 is 22.9 Å². The molecule has 6 rings (SSSR count). The van der Waals surface area contributed by atoms with Crippen LogP contribution < -0.4 is 10.1 Å². The number of hydrogen-bond donors (Lipinski definition) is 1. The molecule has 40 heavy (non-hydrogen) atoms. The third-order valence-electron chi connectivity index (χ3n) is 7.06. The van der Waals surface area contributed by atoms with Crippen LogP contribution in [0, 0.1) is 17.8 Å². The van der Waals surface area contributed by atoms with Gasteiger partial charge >= 0.3 is 0 Å². The van der Waals surface area contributed by atoms with Crippen molar-refractivity contribution >= 4 is 44.7 Å². The Labute approximate surface area is 241 Å². The number of nitrogens with one attached hydrogen (secondary N) is 1. The molecule has 4 heterocycles. The van der Waals surface area contributed by atoms with Gasteiger partial charge in [-0.1, -0.05) is 23.7 Å². The maximum Gasteiger partial charge on any atom is 0.151 e. The van der Waals surface area contributed by atoms with E-state index in [4.69, 9.17) is 21.1 Å². The van der Waals surface area contributed by atoms with Gasteiger partial charge in [-0.05, 0) is 60.7 Å². The maximum atomic E-state index is 13.4. The average Bonchev–Trinajstić information content (AvgIpc) is 3.59. The van der Waals surface area contributed by atoms with E-state index < -0.39 is 0 Å². The van der Waals surface area contributed by atoms with E-state index in [0.717, 1.165) is 65.7 Å². The lowest BCUT2D eigenvalue weighted by molar-refractivity contribution is 0.0302. The largest absolute Gasteiger partial charge is 0.487 e. The number of likely N-dealkylation sites (tertiary alicyclic amines) is 1. The summed E-state index contributed by atoms with van der Waals surface area (Å²) in [6.07, 6.45) is 3.90. The number of ether oxygens (including phenoxy) is 2. The third kappa shape index (κ3) is 6.48. The van der Waals surface area contributed by atoms with E-state index in [-0.39, 0.29) is 12.4 Å². The Morgan fingerprint density at radius 2 is 2.02 bits per heavy atom. The molecule has 4 aromatic rings. The number of anilines is 2. The Kier molecular flexibility index (Phi) is 8.30. The van der Waals surface area contributed by atoms with Gasteiger partial charge in [-0.3, -0.25) is 4.90 Å². The van der Waals surface area contributed by atoms with Crippen LogP contribution in [0.2, 0.25) is 5.02 Å². The van der Waals surface area contributed by atoms with Gasteiger partial charge in [0.1, 0.15) is 24.5 Å².